The van der Waals surface area contributed by atoms with Crippen LogP contribution in [0.1, 0.15) is 30.0 Å². The van der Waals surface area contributed by atoms with Gasteiger partial charge in [-0.2, -0.15) is 10.2 Å². The molecule has 31 heavy (non-hydrogen) atoms. The number of azo groups is 1. The zero-order valence-corrected chi connectivity index (χ0v) is 17.5. The highest BCUT2D eigenvalue weighted by molar-refractivity contribution is 7.89. The number of nitrogens with zero attached hydrogens (tertiary/aromatic N) is 2. The summed E-state index contributed by atoms with van der Waals surface area (Å²) >= 11 is 0. The van der Waals surface area contributed by atoms with Crippen molar-refractivity contribution in [1.82, 2.24) is 0 Å². The van der Waals surface area contributed by atoms with Gasteiger partial charge in [0.25, 0.3) is 0 Å². The molecule has 0 bridgehead atoms. The molecule has 0 amide bonds. The largest absolute Gasteiger partial charge is 0.508 e. The SMILES string of the molecule is CCC1=C(c2ccc(O)cc2)N=NC1(c1ccc(O)cc1)c1ccc(S(N)(=O)=O)cc1. The number of phenols is 2. The number of phenolic OH excluding ortho intramolecular Hbond substituents is 2. The molecule has 0 spiro atoms. The Labute approximate surface area is 180 Å². The summed E-state index contributed by atoms with van der Waals surface area (Å²) in [5, 5.41) is 33.9. The number of sulfonamides is 1. The molecule has 1 heterocycles. The van der Waals surface area contributed by atoms with Crippen LogP contribution < -0.4 is 5.14 Å². The predicted molar refractivity (Wildman–Crippen MR) is 117 cm³/mol. The van der Waals surface area contributed by atoms with E-state index < -0.39 is 15.6 Å². The third-order valence-electron chi connectivity index (χ3n) is 5.40. The molecule has 1 atom stereocenters. The molecule has 0 aliphatic carbocycles. The highest BCUT2D eigenvalue weighted by atomic mass is 32.2. The van der Waals surface area contributed by atoms with Crippen LogP contribution in [-0.2, 0) is 15.6 Å². The number of aromatic hydroxyl groups is 2. The monoisotopic (exact) mass is 435 g/mol. The maximum absolute atomic E-state index is 11.7. The van der Waals surface area contributed by atoms with Gasteiger partial charge in [-0.1, -0.05) is 31.2 Å². The van der Waals surface area contributed by atoms with Crippen LogP contribution in [0.4, 0.5) is 0 Å². The lowest BCUT2D eigenvalue weighted by atomic mass is 9.75. The highest BCUT2D eigenvalue weighted by Gasteiger charge is 2.43. The molecule has 3 aromatic rings. The summed E-state index contributed by atoms with van der Waals surface area (Å²) in [6.45, 7) is 2.00. The second kappa shape index (κ2) is 7.64. The molecule has 0 aromatic heterocycles. The first-order chi connectivity index (χ1) is 14.8. The maximum atomic E-state index is 11.7. The third-order valence-corrected chi connectivity index (χ3v) is 6.33. The van der Waals surface area contributed by atoms with Gasteiger partial charge in [0.2, 0.25) is 10.0 Å². The quantitative estimate of drug-likeness (QED) is 0.553. The van der Waals surface area contributed by atoms with Crippen molar-refractivity contribution < 1.29 is 18.6 Å². The van der Waals surface area contributed by atoms with Crippen LogP contribution in [0.2, 0.25) is 0 Å². The molecule has 4 rings (SSSR count). The second-order valence-corrected chi connectivity index (χ2v) is 8.82. The minimum absolute atomic E-state index is 0.00725. The number of nitrogens with two attached hydrogens (primary N) is 1. The van der Waals surface area contributed by atoms with Crippen molar-refractivity contribution >= 4 is 15.7 Å². The number of hydrogen-bond donors (Lipinski definition) is 3. The second-order valence-electron chi connectivity index (χ2n) is 7.25. The summed E-state index contributed by atoms with van der Waals surface area (Å²) in [6.07, 6.45) is 0.612. The predicted octanol–water partition coefficient (Wildman–Crippen LogP) is 4.28. The zero-order chi connectivity index (χ0) is 22.2. The summed E-state index contributed by atoms with van der Waals surface area (Å²) in [6, 6.07) is 19.7. The molecule has 0 saturated carbocycles. The molecule has 0 fully saturated rings. The Bertz CT molecular complexity index is 1280. The first kappa shape index (κ1) is 20.8. The number of primary sulfonamides is 1. The van der Waals surface area contributed by atoms with Gasteiger partial charge in [-0.3, -0.25) is 0 Å². The van der Waals surface area contributed by atoms with E-state index in [0.29, 0.717) is 12.1 Å². The lowest BCUT2D eigenvalue weighted by Gasteiger charge is -2.29. The smallest absolute Gasteiger partial charge is 0.238 e. The van der Waals surface area contributed by atoms with Gasteiger partial charge in [0.1, 0.15) is 11.5 Å². The van der Waals surface area contributed by atoms with Crippen molar-refractivity contribution in [3.8, 4) is 11.5 Å². The van der Waals surface area contributed by atoms with E-state index in [2.05, 4.69) is 10.2 Å². The van der Waals surface area contributed by atoms with Crippen LogP contribution in [0.5, 0.6) is 11.5 Å². The van der Waals surface area contributed by atoms with Crippen LogP contribution in [0, 0.1) is 0 Å². The van der Waals surface area contributed by atoms with E-state index in [4.69, 9.17) is 5.14 Å². The van der Waals surface area contributed by atoms with Gasteiger partial charge < -0.3 is 10.2 Å². The fourth-order valence-corrected chi connectivity index (χ4v) is 4.43. The van der Waals surface area contributed by atoms with Gasteiger partial charge in [-0.05, 0) is 71.7 Å². The molecule has 7 nitrogen and oxygen atoms in total. The minimum Gasteiger partial charge on any atom is -0.508 e. The molecule has 1 aliphatic heterocycles. The molecular weight excluding hydrogens is 414 g/mol. The summed E-state index contributed by atoms with van der Waals surface area (Å²) in [4.78, 5) is 0.00725. The van der Waals surface area contributed by atoms with Gasteiger partial charge in [0.05, 0.1) is 10.6 Å². The van der Waals surface area contributed by atoms with Gasteiger partial charge in [0, 0.05) is 5.56 Å². The molecule has 1 aliphatic rings. The van der Waals surface area contributed by atoms with Crippen LogP contribution in [0.3, 0.4) is 0 Å². The van der Waals surface area contributed by atoms with Gasteiger partial charge in [-0.25, -0.2) is 13.6 Å². The summed E-state index contributed by atoms with van der Waals surface area (Å²) in [7, 11) is -3.83. The van der Waals surface area contributed by atoms with Crippen molar-refractivity contribution in [3.05, 3.63) is 95.1 Å². The Balaban J connectivity index is 1.97. The van der Waals surface area contributed by atoms with E-state index >= 15 is 0 Å². The summed E-state index contributed by atoms with van der Waals surface area (Å²) < 4.78 is 23.4. The zero-order valence-electron chi connectivity index (χ0n) is 16.7. The highest BCUT2D eigenvalue weighted by Crippen LogP contribution is 2.50. The molecule has 0 saturated heterocycles. The van der Waals surface area contributed by atoms with Crippen molar-refractivity contribution in [1.29, 1.82) is 0 Å². The Kier molecular flexibility index (Phi) is 5.12. The first-order valence-corrected chi connectivity index (χ1v) is 11.2. The summed E-state index contributed by atoms with van der Waals surface area (Å²) in [5.41, 5.74) is 2.91. The van der Waals surface area contributed by atoms with Crippen molar-refractivity contribution in [2.75, 3.05) is 0 Å². The molecule has 158 valence electrons. The van der Waals surface area contributed by atoms with Crippen molar-refractivity contribution in [3.63, 3.8) is 0 Å². The van der Waals surface area contributed by atoms with E-state index in [1.54, 1.807) is 60.7 Å². The van der Waals surface area contributed by atoms with Crippen LogP contribution >= 0.6 is 0 Å². The third kappa shape index (κ3) is 3.60. The lowest BCUT2D eigenvalue weighted by molar-refractivity contribution is 0.474. The molecule has 0 radical (unpaired) electrons. The normalized spacial score (nSPS) is 18.5. The Morgan fingerprint density at radius 2 is 1.32 bits per heavy atom. The summed E-state index contributed by atoms with van der Waals surface area (Å²) in [5.74, 6) is 0.278. The van der Waals surface area contributed by atoms with E-state index in [1.165, 1.54) is 12.1 Å². The Hall–Kier alpha value is -3.49. The average molecular weight is 436 g/mol. The number of benzene rings is 3. The van der Waals surface area contributed by atoms with E-state index in [0.717, 1.165) is 22.3 Å². The van der Waals surface area contributed by atoms with E-state index in [1.807, 2.05) is 6.92 Å². The number of rotatable bonds is 5. The molecule has 3 aromatic carbocycles. The van der Waals surface area contributed by atoms with Gasteiger partial charge >= 0.3 is 0 Å². The first-order valence-electron chi connectivity index (χ1n) is 9.64. The molecule has 1 unspecified atom stereocenters. The van der Waals surface area contributed by atoms with Crippen molar-refractivity contribution in [2.45, 2.75) is 23.8 Å². The molecule has 8 heteroatoms. The topological polar surface area (TPSA) is 125 Å². The minimum atomic E-state index is -3.83. The van der Waals surface area contributed by atoms with Gasteiger partial charge in [-0.15, -0.1) is 0 Å². The van der Waals surface area contributed by atoms with E-state index in [9.17, 15) is 18.6 Å². The van der Waals surface area contributed by atoms with Crippen LogP contribution in [0.25, 0.3) is 5.70 Å². The van der Waals surface area contributed by atoms with E-state index in [-0.39, 0.29) is 16.4 Å². The fraction of sp³-hybridized carbons (Fsp3) is 0.130. The standard InChI is InChI=1S/C23H21N3O4S/c1-2-21-22(15-3-9-18(27)10-4-15)25-26-23(21,16-5-11-19(28)12-6-16)17-7-13-20(14-8-17)31(24,29)30/h3-14,27-28H,2H2,1H3,(H2,24,29,30). The van der Waals surface area contributed by atoms with Crippen molar-refractivity contribution in [2.24, 2.45) is 15.4 Å². The lowest BCUT2D eigenvalue weighted by Crippen LogP contribution is -2.26. The Morgan fingerprint density at radius 3 is 1.81 bits per heavy atom. The molecule has 4 N–H and O–H groups in total. The maximum Gasteiger partial charge on any atom is 0.238 e. The molecular formula is C23H21N3O4S. The fourth-order valence-electron chi connectivity index (χ4n) is 3.91. The van der Waals surface area contributed by atoms with Crippen LogP contribution in [0.15, 0.2) is 93.5 Å². The Morgan fingerprint density at radius 1 is 0.839 bits per heavy atom. The number of hydrogen-bond acceptors (Lipinski definition) is 6. The van der Waals surface area contributed by atoms with Gasteiger partial charge in [0.15, 0.2) is 5.54 Å². The average Bonchev–Trinajstić information content (AvgIpc) is 3.14. The van der Waals surface area contributed by atoms with Crippen LogP contribution in [-0.4, -0.2) is 18.6 Å².